The molecular formula is C13H18O5. The van der Waals surface area contributed by atoms with Gasteiger partial charge in [0.05, 0.1) is 20.3 Å². The Balaban J connectivity index is 2.42. The maximum atomic E-state index is 11.2. The molecule has 0 aliphatic heterocycles. The first-order chi connectivity index (χ1) is 8.48. The van der Waals surface area contributed by atoms with Gasteiger partial charge in [0.15, 0.2) is 5.60 Å². The van der Waals surface area contributed by atoms with E-state index in [4.69, 9.17) is 4.74 Å². The Morgan fingerprint density at radius 3 is 2.56 bits per heavy atom. The van der Waals surface area contributed by atoms with E-state index < -0.39 is 17.7 Å². The lowest BCUT2D eigenvalue weighted by molar-refractivity contribution is -0.177. The largest absolute Gasteiger partial charge is 0.467 e. The highest BCUT2D eigenvalue weighted by molar-refractivity contribution is 5.79. The zero-order valence-electron chi connectivity index (χ0n) is 10.5. The number of carbonyl (C=O) groups is 1. The summed E-state index contributed by atoms with van der Waals surface area (Å²) < 4.78 is 9.64. The third kappa shape index (κ3) is 3.80. The summed E-state index contributed by atoms with van der Waals surface area (Å²) in [6, 6.07) is 9.40. The number of aliphatic hydroxyl groups excluding tert-OH is 1. The van der Waals surface area contributed by atoms with Crippen molar-refractivity contribution in [1.29, 1.82) is 0 Å². The molecule has 1 aromatic carbocycles. The van der Waals surface area contributed by atoms with Gasteiger partial charge in [-0.1, -0.05) is 30.3 Å². The first kappa shape index (κ1) is 14.6. The number of esters is 1. The lowest BCUT2D eigenvalue weighted by Crippen LogP contribution is -2.49. The summed E-state index contributed by atoms with van der Waals surface area (Å²) in [4.78, 5) is 11.2. The molecule has 2 atom stereocenters. The van der Waals surface area contributed by atoms with E-state index in [-0.39, 0.29) is 6.61 Å². The van der Waals surface area contributed by atoms with Crippen LogP contribution in [-0.4, -0.2) is 41.6 Å². The smallest absolute Gasteiger partial charge is 0.340 e. The third-order valence-corrected chi connectivity index (χ3v) is 2.63. The Morgan fingerprint density at radius 2 is 2.00 bits per heavy atom. The summed E-state index contributed by atoms with van der Waals surface area (Å²) in [6.07, 6.45) is -1.34. The second-order valence-electron chi connectivity index (χ2n) is 4.16. The van der Waals surface area contributed by atoms with E-state index in [1.54, 1.807) is 0 Å². The molecule has 2 N–H and O–H groups in total. The number of methoxy groups -OCH3 is 1. The van der Waals surface area contributed by atoms with Gasteiger partial charge < -0.3 is 19.7 Å². The van der Waals surface area contributed by atoms with Crippen molar-refractivity contribution in [1.82, 2.24) is 0 Å². The molecule has 0 bridgehead atoms. The molecule has 0 heterocycles. The maximum Gasteiger partial charge on any atom is 0.340 e. The van der Waals surface area contributed by atoms with Crippen LogP contribution in [0.25, 0.3) is 0 Å². The van der Waals surface area contributed by atoms with Gasteiger partial charge in [-0.2, -0.15) is 0 Å². The SMILES string of the molecule is COC(=O)C(C)(O)[C@H](O)COCc1ccccc1. The summed E-state index contributed by atoms with van der Waals surface area (Å²) in [6.45, 7) is 1.33. The van der Waals surface area contributed by atoms with Crippen LogP contribution in [0.15, 0.2) is 30.3 Å². The van der Waals surface area contributed by atoms with Crippen molar-refractivity contribution in [2.75, 3.05) is 13.7 Å². The Kier molecular flexibility index (Phi) is 5.27. The van der Waals surface area contributed by atoms with E-state index in [9.17, 15) is 15.0 Å². The quantitative estimate of drug-likeness (QED) is 0.722. The average molecular weight is 254 g/mol. The standard InChI is InChI=1S/C13H18O5/c1-13(16,12(15)17-2)11(14)9-18-8-10-6-4-3-5-7-10/h3-7,11,14,16H,8-9H2,1-2H3/t11-,13?/m1/s1. The van der Waals surface area contributed by atoms with Crippen LogP contribution < -0.4 is 0 Å². The number of aliphatic hydroxyl groups is 2. The van der Waals surface area contributed by atoms with Crippen molar-refractivity contribution in [3.63, 3.8) is 0 Å². The summed E-state index contributed by atoms with van der Waals surface area (Å²) in [7, 11) is 1.15. The lowest BCUT2D eigenvalue weighted by Gasteiger charge is -2.25. The Morgan fingerprint density at radius 1 is 1.39 bits per heavy atom. The van der Waals surface area contributed by atoms with Gasteiger partial charge in [0.25, 0.3) is 0 Å². The van der Waals surface area contributed by atoms with E-state index in [2.05, 4.69) is 4.74 Å². The molecule has 0 amide bonds. The minimum atomic E-state index is -1.97. The summed E-state index contributed by atoms with van der Waals surface area (Å²) >= 11 is 0. The lowest BCUT2D eigenvalue weighted by atomic mass is 10.0. The van der Waals surface area contributed by atoms with Crippen LogP contribution in [0.4, 0.5) is 0 Å². The van der Waals surface area contributed by atoms with E-state index in [0.717, 1.165) is 12.7 Å². The third-order valence-electron chi connectivity index (χ3n) is 2.63. The van der Waals surface area contributed by atoms with Crippen LogP contribution in [0.5, 0.6) is 0 Å². The van der Waals surface area contributed by atoms with Gasteiger partial charge in [-0.25, -0.2) is 4.79 Å². The molecule has 1 unspecified atom stereocenters. The topological polar surface area (TPSA) is 76.0 Å². The molecule has 18 heavy (non-hydrogen) atoms. The number of carbonyl (C=O) groups excluding carboxylic acids is 1. The van der Waals surface area contributed by atoms with Gasteiger partial charge in [0.2, 0.25) is 0 Å². The summed E-state index contributed by atoms with van der Waals surface area (Å²) in [5.41, 5.74) is -1.02. The number of ether oxygens (including phenoxy) is 2. The van der Waals surface area contributed by atoms with Gasteiger partial charge in [-0.15, -0.1) is 0 Å². The van der Waals surface area contributed by atoms with Crippen LogP contribution in [-0.2, 0) is 20.9 Å². The molecule has 0 spiro atoms. The highest BCUT2D eigenvalue weighted by atomic mass is 16.5. The number of benzene rings is 1. The fourth-order valence-electron chi connectivity index (χ4n) is 1.37. The number of rotatable bonds is 6. The van der Waals surface area contributed by atoms with E-state index >= 15 is 0 Å². The average Bonchev–Trinajstić information content (AvgIpc) is 2.38. The number of hydrogen-bond acceptors (Lipinski definition) is 5. The molecule has 0 saturated heterocycles. The van der Waals surface area contributed by atoms with Crippen LogP contribution in [0.2, 0.25) is 0 Å². The fraction of sp³-hybridized carbons (Fsp3) is 0.462. The second kappa shape index (κ2) is 6.49. The highest BCUT2D eigenvalue weighted by Gasteiger charge is 2.39. The normalized spacial score (nSPS) is 15.8. The summed E-state index contributed by atoms with van der Waals surface area (Å²) in [5.74, 6) is -0.890. The van der Waals surface area contributed by atoms with Crippen molar-refractivity contribution in [3.8, 4) is 0 Å². The predicted molar refractivity (Wildman–Crippen MR) is 64.7 cm³/mol. The number of hydrogen-bond donors (Lipinski definition) is 2. The predicted octanol–water partition coefficient (Wildman–Crippen LogP) is 0.488. The molecule has 0 aliphatic carbocycles. The van der Waals surface area contributed by atoms with Crippen molar-refractivity contribution < 1.29 is 24.5 Å². The molecule has 0 saturated carbocycles. The van der Waals surface area contributed by atoms with E-state index in [1.165, 1.54) is 6.92 Å². The zero-order chi connectivity index (χ0) is 13.6. The van der Waals surface area contributed by atoms with Gasteiger partial charge in [0, 0.05) is 0 Å². The van der Waals surface area contributed by atoms with Crippen molar-refractivity contribution in [2.24, 2.45) is 0 Å². The van der Waals surface area contributed by atoms with Gasteiger partial charge in [0.1, 0.15) is 6.10 Å². The summed E-state index contributed by atoms with van der Waals surface area (Å²) in [5, 5.41) is 19.4. The Bertz CT molecular complexity index is 374. The highest BCUT2D eigenvalue weighted by Crippen LogP contribution is 2.13. The van der Waals surface area contributed by atoms with Gasteiger partial charge in [-0.05, 0) is 12.5 Å². The van der Waals surface area contributed by atoms with Crippen molar-refractivity contribution >= 4 is 5.97 Å². The first-order valence-electron chi connectivity index (χ1n) is 5.59. The minimum Gasteiger partial charge on any atom is -0.467 e. The molecular weight excluding hydrogens is 236 g/mol. The Labute approximate surface area is 106 Å². The molecule has 1 rings (SSSR count). The molecule has 5 heteroatoms. The van der Waals surface area contributed by atoms with E-state index in [1.807, 2.05) is 30.3 Å². The zero-order valence-corrected chi connectivity index (χ0v) is 10.5. The van der Waals surface area contributed by atoms with E-state index in [0.29, 0.717) is 6.61 Å². The molecule has 0 fully saturated rings. The minimum absolute atomic E-state index is 0.156. The van der Waals surface area contributed by atoms with Crippen LogP contribution in [0.3, 0.4) is 0 Å². The molecule has 0 aliphatic rings. The molecule has 0 aromatic heterocycles. The maximum absolute atomic E-state index is 11.2. The van der Waals surface area contributed by atoms with Crippen LogP contribution in [0, 0.1) is 0 Å². The van der Waals surface area contributed by atoms with Crippen LogP contribution in [0.1, 0.15) is 12.5 Å². The Hall–Kier alpha value is -1.43. The molecule has 100 valence electrons. The van der Waals surface area contributed by atoms with Crippen molar-refractivity contribution in [3.05, 3.63) is 35.9 Å². The van der Waals surface area contributed by atoms with Crippen LogP contribution >= 0.6 is 0 Å². The van der Waals surface area contributed by atoms with Crippen molar-refractivity contribution in [2.45, 2.75) is 25.2 Å². The fourth-order valence-corrected chi connectivity index (χ4v) is 1.37. The molecule has 1 aromatic rings. The molecule has 5 nitrogen and oxygen atoms in total. The monoisotopic (exact) mass is 254 g/mol. The van der Waals surface area contributed by atoms with Gasteiger partial charge >= 0.3 is 5.97 Å². The first-order valence-corrected chi connectivity index (χ1v) is 5.59. The molecule has 0 radical (unpaired) electrons. The van der Waals surface area contributed by atoms with Gasteiger partial charge in [-0.3, -0.25) is 0 Å². The second-order valence-corrected chi connectivity index (χ2v) is 4.16.